The highest BCUT2D eigenvalue weighted by molar-refractivity contribution is 7.12. The fourth-order valence-electron chi connectivity index (χ4n) is 7.48. The zero-order valence-corrected chi connectivity index (χ0v) is 34.4. The number of nitrogens with one attached hydrogen (secondary N) is 1. The average molecular weight is 773 g/mol. The Morgan fingerprint density at radius 3 is 2.27 bits per heavy atom. The van der Waals surface area contributed by atoms with Gasteiger partial charge in [0.25, 0.3) is 5.91 Å². The second kappa shape index (κ2) is 20.6. The van der Waals surface area contributed by atoms with Crippen molar-refractivity contribution in [2.24, 2.45) is 23.7 Å². The van der Waals surface area contributed by atoms with Crippen LogP contribution in [0.25, 0.3) is 0 Å². The van der Waals surface area contributed by atoms with Crippen molar-refractivity contribution in [1.82, 2.24) is 20.1 Å². The van der Waals surface area contributed by atoms with Crippen LogP contribution in [0.2, 0.25) is 0 Å². The SMILES string of the molecule is CCC(C)C(CC(=O)C1CCCCN1C)C(=O)N(Cc1ccccc1)[C@H](CC(=O)c1nc(C(=O)N[C@@H](Cc2ccc(C)cc2)C[C@H](C)C(=O)O)cs1)C(C)C. The number of carboxylic acid groups (broad SMARTS) is 1. The average Bonchev–Trinajstić information content (AvgIpc) is 3.67. The van der Waals surface area contributed by atoms with Gasteiger partial charge in [0.05, 0.1) is 12.0 Å². The van der Waals surface area contributed by atoms with Gasteiger partial charge in [0.2, 0.25) is 5.91 Å². The van der Waals surface area contributed by atoms with Crippen LogP contribution in [0.1, 0.15) is 117 Å². The number of likely N-dealkylation sites (N-methyl/N-ethyl adjacent to an activating group) is 1. The number of amides is 2. The summed E-state index contributed by atoms with van der Waals surface area (Å²) in [6.07, 6.45) is 4.44. The summed E-state index contributed by atoms with van der Waals surface area (Å²) in [5.41, 5.74) is 3.09. The number of carboxylic acids is 1. The molecule has 1 aliphatic heterocycles. The summed E-state index contributed by atoms with van der Waals surface area (Å²) in [4.78, 5) is 76.2. The summed E-state index contributed by atoms with van der Waals surface area (Å²) in [6.45, 7) is 12.8. The molecule has 298 valence electrons. The van der Waals surface area contributed by atoms with Gasteiger partial charge in [-0.25, -0.2) is 4.98 Å². The minimum Gasteiger partial charge on any atom is -0.481 e. The Morgan fingerprint density at radius 1 is 0.964 bits per heavy atom. The molecule has 2 heterocycles. The van der Waals surface area contributed by atoms with Gasteiger partial charge in [0, 0.05) is 42.8 Å². The van der Waals surface area contributed by atoms with E-state index in [1.807, 2.05) is 101 Å². The van der Waals surface area contributed by atoms with Gasteiger partial charge in [-0.15, -0.1) is 11.3 Å². The van der Waals surface area contributed by atoms with E-state index in [0.717, 1.165) is 60.3 Å². The highest BCUT2D eigenvalue weighted by Crippen LogP contribution is 2.30. The van der Waals surface area contributed by atoms with Crippen LogP contribution in [-0.4, -0.2) is 81.0 Å². The number of piperidine rings is 1. The number of ketones is 2. The molecule has 0 spiro atoms. The maximum absolute atomic E-state index is 14.8. The molecule has 3 aromatic rings. The first-order valence-corrected chi connectivity index (χ1v) is 20.7. The van der Waals surface area contributed by atoms with Crippen molar-refractivity contribution < 1.29 is 29.1 Å². The molecule has 55 heavy (non-hydrogen) atoms. The molecule has 0 radical (unpaired) electrons. The second-order valence-corrected chi connectivity index (χ2v) is 16.8. The zero-order valence-electron chi connectivity index (χ0n) is 33.6. The van der Waals surface area contributed by atoms with Gasteiger partial charge in [0.15, 0.2) is 16.6 Å². The van der Waals surface area contributed by atoms with E-state index in [4.69, 9.17) is 0 Å². The molecule has 2 aromatic carbocycles. The molecular weight excluding hydrogens is 713 g/mol. The first-order valence-electron chi connectivity index (χ1n) is 19.8. The lowest BCUT2D eigenvalue weighted by atomic mass is 9.82. The summed E-state index contributed by atoms with van der Waals surface area (Å²) in [5, 5.41) is 14.3. The van der Waals surface area contributed by atoms with Gasteiger partial charge < -0.3 is 15.3 Å². The van der Waals surface area contributed by atoms with Crippen molar-refractivity contribution in [3.63, 3.8) is 0 Å². The lowest BCUT2D eigenvalue weighted by Crippen LogP contribution is -2.49. The minimum atomic E-state index is -0.942. The Balaban J connectivity index is 1.56. The monoisotopic (exact) mass is 772 g/mol. The lowest BCUT2D eigenvalue weighted by Gasteiger charge is -2.39. The molecule has 11 heteroatoms. The maximum Gasteiger partial charge on any atom is 0.306 e. The van der Waals surface area contributed by atoms with Crippen molar-refractivity contribution in [3.05, 3.63) is 87.4 Å². The summed E-state index contributed by atoms with van der Waals surface area (Å²) in [5.74, 6) is -3.06. The Morgan fingerprint density at radius 2 is 1.65 bits per heavy atom. The first kappa shape index (κ1) is 43.5. The number of likely N-dealkylation sites (tertiary alicyclic amines) is 1. The van der Waals surface area contributed by atoms with Gasteiger partial charge in [-0.1, -0.05) is 108 Å². The molecule has 6 atom stereocenters. The Hall–Kier alpha value is -4.22. The molecule has 1 aromatic heterocycles. The van der Waals surface area contributed by atoms with Crippen molar-refractivity contribution in [2.45, 2.75) is 118 Å². The van der Waals surface area contributed by atoms with Gasteiger partial charge in [-0.2, -0.15) is 0 Å². The standard InChI is InChI=1S/C44H60N4O6S/c1-8-30(5)35(24-39(49)37-16-12-13-21-47(37)7)43(52)48(26-33-14-10-9-11-15-33)38(28(2)3)25-40(50)42-46-36(27-55-42)41(51)45-34(22-31(6)44(53)54)23-32-19-17-29(4)18-20-32/h9-11,14-15,17-20,27-28,30-31,34-35,37-38H,8,12-13,16,21-26H2,1-7H3,(H,45,51)(H,53,54)/t30?,31-,34+,35?,37?,38+/m0/s1. The molecule has 3 unspecified atom stereocenters. The largest absolute Gasteiger partial charge is 0.481 e. The number of benzene rings is 2. The smallest absolute Gasteiger partial charge is 0.306 e. The number of rotatable bonds is 20. The molecule has 0 aliphatic carbocycles. The molecule has 1 aliphatic rings. The molecule has 2 amide bonds. The summed E-state index contributed by atoms with van der Waals surface area (Å²) in [7, 11) is 1.99. The third-order valence-corrected chi connectivity index (χ3v) is 12.1. The third kappa shape index (κ3) is 12.4. The zero-order chi connectivity index (χ0) is 40.2. The van der Waals surface area contributed by atoms with Gasteiger partial charge in [-0.05, 0) is 69.2 Å². The molecule has 0 saturated carbocycles. The normalized spacial score (nSPS) is 17.5. The maximum atomic E-state index is 14.8. The highest BCUT2D eigenvalue weighted by atomic mass is 32.1. The number of Topliss-reactive ketones (excluding diaryl/α,β-unsaturated/α-hetero) is 2. The molecule has 1 saturated heterocycles. The molecular formula is C44H60N4O6S. The number of aliphatic carboxylic acids is 1. The quantitative estimate of drug-likeness (QED) is 0.112. The van der Waals surface area contributed by atoms with Crippen LogP contribution in [0.4, 0.5) is 0 Å². The van der Waals surface area contributed by atoms with E-state index in [-0.39, 0.29) is 65.3 Å². The van der Waals surface area contributed by atoms with Crippen LogP contribution in [0.15, 0.2) is 60.0 Å². The molecule has 4 rings (SSSR count). The minimum absolute atomic E-state index is 0.00350. The summed E-state index contributed by atoms with van der Waals surface area (Å²) >= 11 is 1.09. The van der Waals surface area contributed by atoms with Crippen molar-refractivity contribution in [2.75, 3.05) is 13.6 Å². The van der Waals surface area contributed by atoms with Gasteiger partial charge >= 0.3 is 5.97 Å². The van der Waals surface area contributed by atoms with E-state index < -0.39 is 35.8 Å². The molecule has 0 bridgehead atoms. The number of thiazole rings is 1. The number of aromatic nitrogens is 1. The van der Waals surface area contributed by atoms with Crippen LogP contribution in [-0.2, 0) is 27.3 Å². The van der Waals surface area contributed by atoms with E-state index >= 15 is 0 Å². The van der Waals surface area contributed by atoms with E-state index in [1.54, 1.807) is 12.3 Å². The fraction of sp³-hybridized carbons (Fsp3) is 0.545. The number of carbonyl (C=O) groups is 5. The van der Waals surface area contributed by atoms with Crippen molar-refractivity contribution in [1.29, 1.82) is 0 Å². The molecule has 1 fully saturated rings. The molecule has 10 nitrogen and oxygen atoms in total. The van der Waals surface area contributed by atoms with Crippen LogP contribution in [0, 0.1) is 30.6 Å². The van der Waals surface area contributed by atoms with Crippen LogP contribution >= 0.6 is 11.3 Å². The number of hydrogen-bond donors (Lipinski definition) is 2. The topological polar surface area (TPSA) is 137 Å². The number of carbonyl (C=O) groups excluding carboxylic acids is 4. The summed E-state index contributed by atoms with van der Waals surface area (Å²) in [6, 6.07) is 16.5. The Bertz CT molecular complexity index is 1740. The predicted octanol–water partition coefficient (Wildman–Crippen LogP) is 7.64. The number of hydrogen-bond acceptors (Lipinski definition) is 8. The van der Waals surface area contributed by atoms with Crippen molar-refractivity contribution >= 4 is 40.7 Å². The van der Waals surface area contributed by atoms with Crippen LogP contribution < -0.4 is 5.32 Å². The van der Waals surface area contributed by atoms with Crippen LogP contribution in [0.3, 0.4) is 0 Å². The van der Waals surface area contributed by atoms with E-state index in [0.29, 0.717) is 13.0 Å². The number of nitrogens with zero attached hydrogens (tertiary/aromatic N) is 3. The lowest BCUT2D eigenvalue weighted by molar-refractivity contribution is -0.144. The van der Waals surface area contributed by atoms with Crippen molar-refractivity contribution in [3.8, 4) is 0 Å². The van der Waals surface area contributed by atoms with Gasteiger partial charge in [-0.3, -0.25) is 28.9 Å². The van der Waals surface area contributed by atoms with E-state index in [2.05, 4.69) is 15.2 Å². The fourth-order valence-corrected chi connectivity index (χ4v) is 8.23. The Kier molecular flexibility index (Phi) is 16.3. The predicted molar refractivity (Wildman–Crippen MR) is 217 cm³/mol. The highest BCUT2D eigenvalue weighted by Gasteiger charge is 2.38. The second-order valence-electron chi connectivity index (χ2n) is 15.9. The van der Waals surface area contributed by atoms with E-state index in [9.17, 15) is 29.1 Å². The third-order valence-electron chi connectivity index (χ3n) is 11.2. The van der Waals surface area contributed by atoms with Crippen LogP contribution in [0.5, 0.6) is 0 Å². The first-order chi connectivity index (χ1) is 26.2. The van der Waals surface area contributed by atoms with Gasteiger partial charge in [0.1, 0.15) is 5.69 Å². The molecule has 2 N–H and O–H groups in total. The van der Waals surface area contributed by atoms with E-state index in [1.165, 1.54) is 0 Å². The summed E-state index contributed by atoms with van der Waals surface area (Å²) < 4.78 is 0. The Labute approximate surface area is 331 Å². The number of aryl methyl sites for hydroxylation is 1.